The summed E-state index contributed by atoms with van der Waals surface area (Å²) < 4.78 is 10.7. The maximum atomic E-state index is 12.6. The standard InChI is InChI=1S/C18H21N3O4S/c1-12-9-24-15-6-4-3-5-14(15)8-21(12)18(23)11-26-10-17(22)19-16-7-13(2)25-20-16/h3-7,12H,8-11H2,1-2H3,(H,19,20,22)/t12-/m0/s1. The Labute approximate surface area is 156 Å². The molecular formula is C18H21N3O4S. The highest BCUT2D eigenvalue weighted by molar-refractivity contribution is 8.00. The quantitative estimate of drug-likeness (QED) is 0.864. The monoisotopic (exact) mass is 375 g/mol. The fourth-order valence-electron chi connectivity index (χ4n) is 2.67. The Morgan fingerprint density at radius 3 is 2.92 bits per heavy atom. The van der Waals surface area contributed by atoms with Crippen LogP contribution in [0.1, 0.15) is 18.2 Å². The third-order valence-corrected chi connectivity index (χ3v) is 4.92. The first kappa shape index (κ1) is 18.3. The number of aromatic nitrogens is 1. The molecule has 0 unspecified atom stereocenters. The van der Waals surface area contributed by atoms with E-state index in [0.29, 0.717) is 24.7 Å². The zero-order valence-corrected chi connectivity index (χ0v) is 15.5. The topological polar surface area (TPSA) is 84.7 Å². The molecule has 1 N–H and O–H groups in total. The van der Waals surface area contributed by atoms with Crippen LogP contribution >= 0.6 is 11.8 Å². The molecule has 3 rings (SSSR count). The molecule has 7 nitrogen and oxygen atoms in total. The van der Waals surface area contributed by atoms with Crippen molar-refractivity contribution < 1.29 is 18.8 Å². The summed E-state index contributed by atoms with van der Waals surface area (Å²) in [6, 6.07) is 9.36. The summed E-state index contributed by atoms with van der Waals surface area (Å²) >= 11 is 1.28. The second-order valence-electron chi connectivity index (χ2n) is 6.15. The molecular weight excluding hydrogens is 354 g/mol. The number of amides is 2. The maximum absolute atomic E-state index is 12.6. The largest absolute Gasteiger partial charge is 0.491 e. The normalized spacial score (nSPS) is 16.4. The molecule has 2 heterocycles. The minimum atomic E-state index is -0.214. The summed E-state index contributed by atoms with van der Waals surface area (Å²) in [6.07, 6.45) is 0. The molecule has 8 heteroatoms. The number of nitrogens with one attached hydrogen (secondary N) is 1. The van der Waals surface area contributed by atoms with Gasteiger partial charge in [0.25, 0.3) is 0 Å². The average Bonchev–Trinajstić information content (AvgIpc) is 2.94. The van der Waals surface area contributed by atoms with Gasteiger partial charge in [-0.25, -0.2) is 0 Å². The van der Waals surface area contributed by atoms with Crippen LogP contribution in [0.25, 0.3) is 0 Å². The maximum Gasteiger partial charge on any atom is 0.235 e. The first-order valence-corrected chi connectivity index (χ1v) is 9.49. The number of para-hydroxylation sites is 1. The SMILES string of the molecule is Cc1cc(NC(=O)CSCC(=O)N2Cc3ccccc3OC[C@@H]2C)no1. The molecule has 1 aromatic carbocycles. The number of hydrogen-bond acceptors (Lipinski definition) is 6. The minimum Gasteiger partial charge on any atom is -0.491 e. The molecule has 0 aliphatic carbocycles. The second-order valence-corrected chi connectivity index (χ2v) is 7.14. The highest BCUT2D eigenvalue weighted by Gasteiger charge is 2.25. The Kier molecular flexibility index (Phi) is 5.82. The van der Waals surface area contributed by atoms with E-state index in [-0.39, 0.29) is 29.4 Å². The van der Waals surface area contributed by atoms with Crippen LogP contribution in [0.4, 0.5) is 5.82 Å². The Balaban J connectivity index is 1.50. The van der Waals surface area contributed by atoms with Crippen LogP contribution in [0, 0.1) is 6.92 Å². The van der Waals surface area contributed by atoms with Crippen molar-refractivity contribution in [2.75, 3.05) is 23.4 Å². The van der Waals surface area contributed by atoms with E-state index in [1.807, 2.05) is 31.2 Å². The molecule has 1 aromatic heterocycles. The lowest BCUT2D eigenvalue weighted by Gasteiger charge is -2.26. The molecule has 2 aromatic rings. The fraction of sp³-hybridized carbons (Fsp3) is 0.389. The van der Waals surface area contributed by atoms with E-state index in [2.05, 4.69) is 10.5 Å². The van der Waals surface area contributed by atoms with Gasteiger partial charge in [-0.1, -0.05) is 23.4 Å². The smallest absolute Gasteiger partial charge is 0.235 e. The first-order chi connectivity index (χ1) is 12.5. The summed E-state index contributed by atoms with van der Waals surface area (Å²) in [5.74, 6) is 2.02. The van der Waals surface area contributed by atoms with Crippen LogP contribution < -0.4 is 10.1 Å². The van der Waals surface area contributed by atoms with Gasteiger partial charge in [0, 0.05) is 18.2 Å². The number of nitrogens with zero attached hydrogens (tertiary/aromatic N) is 2. The van der Waals surface area contributed by atoms with Crippen molar-refractivity contribution in [2.24, 2.45) is 0 Å². The molecule has 1 atom stereocenters. The number of aryl methyl sites for hydroxylation is 1. The molecule has 0 bridgehead atoms. The molecule has 1 aliphatic heterocycles. The fourth-order valence-corrected chi connectivity index (χ4v) is 3.37. The van der Waals surface area contributed by atoms with Crippen LogP contribution in [0.5, 0.6) is 5.75 Å². The van der Waals surface area contributed by atoms with E-state index < -0.39 is 0 Å². The third-order valence-electron chi connectivity index (χ3n) is 4.00. The minimum absolute atomic E-state index is 0.00659. The molecule has 0 saturated heterocycles. The van der Waals surface area contributed by atoms with E-state index in [1.165, 1.54) is 11.8 Å². The van der Waals surface area contributed by atoms with Crippen molar-refractivity contribution in [1.29, 1.82) is 0 Å². The van der Waals surface area contributed by atoms with Gasteiger partial charge in [0.2, 0.25) is 11.8 Å². The van der Waals surface area contributed by atoms with E-state index in [0.717, 1.165) is 11.3 Å². The predicted molar refractivity (Wildman–Crippen MR) is 99.1 cm³/mol. The van der Waals surface area contributed by atoms with Gasteiger partial charge in [-0.05, 0) is 19.9 Å². The number of anilines is 1. The number of thioether (sulfide) groups is 1. The van der Waals surface area contributed by atoms with Gasteiger partial charge in [-0.3, -0.25) is 9.59 Å². The molecule has 1 aliphatic rings. The van der Waals surface area contributed by atoms with Gasteiger partial charge < -0.3 is 19.5 Å². The number of hydrogen-bond donors (Lipinski definition) is 1. The number of benzene rings is 1. The van der Waals surface area contributed by atoms with E-state index in [1.54, 1.807) is 17.9 Å². The Hall–Kier alpha value is -2.48. The molecule has 2 amide bonds. The molecule has 0 fully saturated rings. The number of carbonyl (C=O) groups is 2. The van der Waals surface area contributed by atoms with Gasteiger partial charge in [0.15, 0.2) is 5.82 Å². The van der Waals surface area contributed by atoms with E-state index >= 15 is 0 Å². The van der Waals surface area contributed by atoms with Crippen LogP contribution in [0.2, 0.25) is 0 Å². The lowest BCUT2D eigenvalue weighted by Crippen LogP contribution is -2.41. The third kappa shape index (κ3) is 4.57. The summed E-state index contributed by atoms with van der Waals surface area (Å²) in [4.78, 5) is 26.3. The number of rotatable bonds is 5. The van der Waals surface area contributed by atoms with Gasteiger partial charge in [-0.2, -0.15) is 0 Å². The van der Waals surface area contributed by atoms with Crippen molar-refractivity contribution in [3.63, 3.8) is 0 Å². The van der Waals surface area contributed by atoms with Gasteiger partial charge in [0.05, 0.1) is 17.5 Å². The lowest BCUT2D eigenvalue weighted by atomic mass is 10.2. The average molecular weight is 375 g/mol. The molecule has 0 spiro atoms. The number of ether oxygens (including phenoxy) is 1. The molecule has 138 valence electrons. The van der Waals surface area contributed by atoms with Crippen molar-refractivity contribution in [3.8, 4) is 5.75 Å². The Morgan fingerprint density at radius 1 is 1.35 bits per heavy atom. The second kappa shape index (κ2) is 8.27. The zero-order chi connectivity index (χ0) is 18.5. The van der Waals surface area contributed by atoms with Crippen LogP contribution in [0.15, 0.2) is 34.9 Å². The van der Waals surface area contributed by atoms with Crippen molar-refractivity contribution in [2.45, 2.75) is 26.4 Å². The summed E-state index contributed by atoms with van der Waals surface area (Å²) in [5, 5.41) is 6.35. The van der Waals surface area contributed by atoms with Crippen LogP contribution in [-0.4, -0.2) is 46.0 Å². The first-order valence-electron chi connectivity index (χ1n) is 8.34. The zero-order valence-electron chi connectivity index (χ0n) is 14.7. The number of carbonyl (C=O) groups excluding carboxylic acids is 2. The summed E-state index contributed by atoms with van der Waals surface area (Å²) in [6.45, 7) is 4.69. The molecule has 0 radical (unpaired) electrons. The van der Waals surface area contributed by atoms with Crippen molar-refractivity contribution in [1.82, 2.24) is 10.1 Å². The van der Waals surface area contributed by atoms with Crippen molar-refractivity contribution in [3.05, 3.63) is 41.7 Å². The predicted octanol–water partition coefficient (Wildman–Crippen LogP) is 2.46. The van der Waals surface area contributed by atoms with Gasteiger partial charge in [-0.15, -0.1) is 11.8 Å². The summed E-state index contributed by atoms with van der Waals surface area (Å²) in [7, 11) is 0. The molecule has 26 heavy (non-hydrogen) atoms. The Morgan fingerprint density at radius 2 is 2.15 bits per heavy atom. The molecule has 0 saturated carbocycles. The highest BCUT2D eigenvalue weighted by Crippen LogP contribution is 2.25. The van der Waals surface area contributed by atoms with Crippen LogP contribution in [0.3, 0.4) is 0 Å². The van der Waals surface area contributed by atoms with Gasteiger partial charge >= 0.3 is 0 Å². The van der Waals surface area contributed by atoms with E-state index in [4.69, 9.17) is 9.26 Å². The van der Waals surface area contributed by atoms with E-state index in [9.17, 15) is 9.59 Å². The van der Waals surface area contributed by atoms with Gasteiger partial charge in [0.1, 0.15) is 18.1 Å². The summed E-state index contributed by atoms with van der Waals surface area (Å²) in [5.41, 5.74) is 0.995. The lowest BCUT2D eigenvalue weighted by molar-refractivity contribution is -0.131. The highest BCUT2D eigenvalue weighted by atomic mass is 32.2. The Bertz CT molecular complexity index is 792. The van der Waals surface area contributed by atoms with Crippen molar-refractivity contribution >= 4 is 29.4 Å². The van der Waals surface area contributed by atoms with Crippen LogP contribution in [-0.2, 0) is 16.1 Å². The number of fused-ring (bicyclic) bond motifs is 1.